The van der Waals surface area contributed by atoms with E-state index in [1.807, 2.05) is 37.3 Å². The average molecular weight is 318 g/mol. The van der Waals surface area contributed by atoms with Gasteiger partial charge in [0.1, 0.15) is 5.82 Å². The number of benzene rings is 1. The first-order chi connectivity index (χ1) is 10.2. The van der Waals surface area contributed by atoms with Crippen molar-refractivity contribution in [2.24, 2.45) is 0 Å². The van der Waals surface area contributed by atoms with Crippen molar-refractivity contribution >= 4 is 39.9 Å². The summed E-state index contributed by atoms with van der Waals surface area (Å²) in [4.78, 5) is 9.01. The minimum absolute atomic E-state index is 0.513. The van der Waals surface area contributed by atoms with E-state index < -0.39 is 0 Å². The minimum Gasteiger partial charge on any atom is -0.369 e. The maximum atomic E-state index is 6.33. The Morgan fingerprint density at radius 3 is 2.71 bits per heavy atom. The molecule has 0 bridgehead atoms. The number of hydrogen-bond donors (Lipinski definition) is 1. The number of rotatable bonds is 3. The van der Waals surface area contributed by atoms with E-state index >= 15 is 0 Å². The molecule has 2 heterocycles. The van der Waals surface area contributed by atoms with Gasteiger partial charge >= 0.3 is 0 Å². The Labute approximate surface area is 132 Å². The van der Waals surface area contributed by atoms with Crippen LogP contribution in [-0.4, -0.2) is 16.5 Å². The van der Waals surface area contributed by atoms with Crippen molar-refractivity contribution in [3.05, 3.63) is 52.6 Å². The van der Waals surface area contributed by atoms with Crippen molar-refractivity contribution in [2.45, 2.75) is 6.92 Å². The molecule has 1 aromatic carbocycles. The highest BCUT2D eigenvalue weighted by atomic mass is 35.5. The highest BCUT2D eigenvalue weighted by Gasteiger charge is 2.13. The maximum Gasteiger partial charge on any atom is 0.145 e. The van der Waals surface area contributed by atoms with E-state index in [1.54, 1.807) is 12.3 Å². The lowest BCUT2D eigenvalue weighted by atomic mass is 10.1. The van der Waals surface area contributed by atoms with Crippen LogP contribution < -0.4 is 5.32 Å². The normalized spacial score (nSPS) is 10.8. The van der Waals surface area contributed by atoms with Crippen molar-refractivity contribution in [1.29, 1.82) is 0 Å². The van der Waals surface area contributed by atoms with Gasteiger partial charge in [0, 0.05) is 23.7 Å². The van der Waals surface area contributed by atoms with Crippen molar-refractivity contribution in [1.82, 2.24) is 9.97 Å². The SMILES string of the molecule is CCNc1nc(-c2cccc3cccnc23)c(Cl)cc1Cl. The first-order valence-corrected chi connectivity index (χ1v) is 7.40. The molecule has 0 aliphatic heterocycles. The van der Waals surface area contributed by atoms with Gasteiger partial charge in [0.05, 0.1) is 21.3 Å². The Kier molecular flexibility index (Phi) is 3.95. The summed E-state index contributed by atoms with van der Waals surface area (Å²) in [5.41, 5.74) is 2.45. The fourth-order valence-corrected chi connectivity index (χ4v) is 2.77. The van der Waals surface area contributed by atoms with E-state index in [1.165, 1.54) is 0 Å². The molecule has 0 spiro atoms. The second-order valence-corrected chi connectivity index (χ2v) is 5.37. The van der Waals surface area contributed by atoms with Crippen molar-refractivity contribution in [3.8, 4) is 11.3 Å². The molecule has 0 aliphatic rings. The van der Waals surface area contributed by atoms with Gasteiger partial charge < -0.3 is 5.32 Å². The van der Waals surface area contributed by atoms with Crippen LogP contribution in [0.5, 0.6) is 0 Å². The lowest BCUT2D eigenvalue weighted by Gasteiger charge is -2.11. The highest BCUT2D eigenvalue weighted by molar-refractivity contribution is 6.37. The van der Waals surface area contributed by atoms with Crippen LogP contribution in [0.4, 0.5) is 5.82 Å². The van der Waals surface area contributed by atoms with E-state index in [4.69, 9.17) is 23.2 Å². The molecule has 3 aromatic rings. The third kappa shape index (κ3) is 2.67. The molecule has 0 saturated carbocycles. The predicted molar refractivity (Wildman–Crippen MR) is 89.2 cm³/mol. The number of fused-ring (bicyclic) bond motifs is 1. The molecule has 0 saturated heterocycles. The molecule has 0 fully saturated rings. The van der Waals surface area contributed by atoms with Gasteiger partial charge in [0.2, 0.25) is 0 Å². The van der Waals surface area contributed by atoms with Crippen LogP contribution in [0, 0.1) is 0 Å². The minimum atomic E-state index is 0.513. The van der Waals surface area contributed by atoms with Crippen molar-refractivity contribution in [2.75, 3.05) is 11.9 Å². The summed E-state index contributed by atoms with van der Waals surface area (Å²) in [7, 11) is 0. The molecule has 5 heteroatoms. The number of aromatic nitrogens is 2. The van der Waals surface area contributed by atoms with Crippen molar-refractivity contribution < 1.29 is 0 Å². The quantitative estimate of drug-likeness (QED) is 0.735. The summed E-state index contributed by atoms with van der Waals surface area (Å²) in [5, 5.41) is 5.21. The Morgan fingerprint density at radius 2 is 1.90 bits per heavy atom. The summed E-state index contributed by atoms with van der Waals surface area (Å²) in [5.74, 6) is 0.631. The second kappa shape index (κ2) is 5.88. The molecule has 0 aliphatic carbocycles. The summed E-state index contributed by atoms with van der Waals surface area (Å²) in [6.45, 7) is 2.73. The molecule has 0 amide bonds. The van der Waals surface area contributed by atoms with E-state index in [0.29, 0.717) is 21.6 Å². The first kappa shape index (κ1) is 14.1. The average Bonchev–Trinajstić information content (AvgIpc) is 2.50. The third-order valence-electron chi connectivity index (χ3n) is 3.16. The maximum absolute atomic E-state index is 6.33. The fourth-order valence-electron chi connectivity index (χ4n) is 2.24. The summed E-state index contributed by atoms with van der Waals surface area (Å²) in [6.07, 6.45) is 1.76. The molecule has 2 aromatic heterocycles. The fraction of sp³-hybridized carbons (Fsp3) is 0.125. The van der Waals surface area contributed by atoms with Crippen LogP contribution in [0.2, 0.25) is 10.0 Å². The van der Waals surface area contributed by atoms with Gasteiger partial charge in [0.25, 0.3) is 0 Å². The molecule has 3 nitrogen and oxygen atoms in total. The zero-order valence-corrected chi connectivity index (χ0v) is 12.9. The van der Waals surface area contributed by atoms with Crippen LogP contribution in [0.3, 0.4) is 0 Å². The zero-order chi connectivity index (χ0) is 14.8. The number of nitrogens with one attached hydrogen (secondary N) is 1. The summed E-state index contributed by atoms with van der Waals surface area (Å²) in [6, 6.07) is 11.6. The third-order valence-corrected chi connectivity index (χ3v) is 3.74. The highest BCUT2D eigenvalue weighted by Crippen LogP contribution is 2.35. The topological polar surface area (TPSA) is 37.8 Å². The van der Waals surface area contributed by atoms with E-state index in [0.717, 1.165) is 23.0 Å². The van der Waals surface area contributed by atoms with E-state index in [-0.39, 0.29) is 0 Å². The lowest BCUT2D eigenvalue weighted by molar-refractivity contribution is 1.16. The second-order valence-electron chi connectivity index (χ2n) is 4.56. The van der Waals surface area contributed by atoms with Crippen LogP contribution in [0.25, 0.3) is 22.2 Å². The Bertz CT molecular complexity index is 797. The molecule has 1 N–H and O–H groups in total. The van der Waals surface area contributed by atoms with Gasteiger partial charge in [-0.3, -0.25) is 4.98 Å². The summed E-state index contributed by atoms with van der Waals surface area (Å²) < 4.78 is 0. The molecule has 0 atom stereocenters. The Balaban J connectivity index is 2.25. The van der Waals surface area contributed by atoms with Crippen LogP contribution >= 0.6 is 23.2 Å². The number of para-hydroxylation sites is 1. The number of nitrogens with zero attached hydrogens (tertiary/aromatic N) is 2. The van der Waals surface area contributed by atoms with Crippen LogP contribution in [0.15, 0.2) is 42.6 Å². The molecule has 0 unspecified atom stereocenters. The first-order valence-electron chi connectivity index (χ1n) is 6.64. The van der Waals surface area contributed by atoms with Crippen molar-refractivity contribution in [3.63, 3.8) is 0 Å². The molecule has 3 rings (SSSR count). The van der Waals surface area contributed by atoms with Crippen LogP contribution in [0.1, 0.15) is 6.92 Å². The van der Waals surface area contributed by atoms with Crippen LogP contribution in [-0.2, 0) is 0 Å². The lowest BCUT2D eigenvalue weighted by Crippen LogP contribution is -2.01. The molecule has 21 heavy (non-hydrogen) atoms. The van der Waals surface area contributed by atoms with Gasteiger partial charge in [-0.05, 0) is 19.1 Å². The zero-order valence-electron chi connectivity index (χ0n) is 11.4. The number of anilines is 1. The molecular formula is C16H13Cl2N3. The van der Waals surface area contributed by atoms with Gasteiger partial charge in [-0.2, -0.15) is 0 Å². The monoisotopic (exact) mass is 317 g/mol. The molecule has 0 radical (unpaired) electrons. The number of pyridine rings is 2. The standard InChI is InChI=1S/C16H13Cl2N3/c1-2-19-16-13(18)9-12(17)15(21-16)11-7-3-5-10-6-4-8-20-14(10)11/h3-9H,2H2,1H3,(H,19,21). The smallest absolute Gasteiger partial charge is 0.145 e. The largest absolute Gasteiger partial charge is 0.369 e. The molecular weight excluding hydrogens is 305 g/mol. The van der Waals surface area contributed by atoms with E-state index in [2.05, 4.69) is 15.3 Å². The van der Waals surface area contributed by atoms with Gasteiger partial charge in [-0.25, -0.2) is 4.98 Å². The Morgan fingerprint density at radius 1 is 1.10 bits per heavy atom. The van der Waals surface area contributed by atoms with E-state index in [9.17, 15) is 0 Å². The summed E-state index contributed by atoms with van der Waals surface area (Å²) >= 11 is 12.5. The van der Waals surface area contributed by atoms with Gasteiger partial charge in [-0.1, -0.05) is 47.5 Å². The predicted octanol–water partition coefficient (Wildman–Crippen LogP) is 5.04. The van der Waals surface area contributed by atoms with Gasteiger partial charge in [0.15, 0.2) is 0 Å². The Hall–Kier alpha value is -1.84. The number of hydrogen-bond acceptors (Lipinski definition) is 3. The van der Waals surface area contributed by atoms with Gasteiger partial charge in [-0.15, -0.1) is 0 Å². The molecule has 106 valence electrons. The number of halogens is 2.